The molecular formula is C14H16ClN3O3. The van der Waals surface area contributed by atoms with E-state index in [1.54, 1.807) is 31.2 Å². The molecule has 1 unspecified atom stereocenters. The maximum atomic E-state index is 12.4. The Labute approximate surface area is 128 Å². The minimum absolute atomic E-state index is 0.221. The first-order valence-corrected chi connectivity index (χ1v) is 6.62. The van der Waals surface area contributed by atoms with Crippen molar-refractivity contribution in [2.45, 2.75) is 6.92 Å². The van der Waals surface area contributed by atoms with E-state index in [4.69, 9.17) is 22.0 Å². The molecule has 1 N–H and O–H groups in total. The van der Waals surface area contributed by atoms with Crippen molar-refractivity contribution in [1.82, 2.24) is 4.90 Å². The molecule has 0 aliphatic rings. The van der Waals surface area contributed by atoms with Gasteiger partial charge in [0.15, 0.2) is 0 Å². The van der Waals surface area contributed by atoms with Crippen LogP contribution in [0.15, 0.2) is 24.3 Å². The van der Waals surface area contributed by atoms with Gasteiger partial charge in [0.25, 0.3) is 0 Å². The Balaban J connectivity index is 2.97. The highest BCUT2D eigenvalue weighted by Crippen LogP contribution is 2.19. The zero-order valence-corrected chi connectivity index (χ0v) is 12.5. The summed E-state index contributed by atoms with van der Waals surface area (Å²) in [7, 11) is 1.53. The number of aliphatic carboxylic acids is 1. The fourth-order valence-electron chi connectivity index (χ4n) is 1.76. The summed E-state index contributed by atoms with van der Waals surface area (Å²) in [6.07, 6.45) is 0. The molecule has 0 fully saturated rings. The lowest BCUT2D eigenvalue weighted by Gasteiger charge is -2.27. The molecule has 0 aliphatic carbocycles. The van der Waals surface area contributed by atoms with Crippen LogP contribution < -0.4 is 4.90 Å². The molecule has 0 radical (unpaired) electrons. The molecule has 0 saturated carbocycles. The Morgan fingerprint density at radius 1 is 1.38 bits per heavy atom. The van der Waals surface area contributed by atoms with Crippen molar-refractivity contribution in [3.05, 3.63) is 29.3 Å². The van der Waals surface area contributed by atoms with Gasteiger partial charge in [-0.25, -0.2) is 4.79 Å². The molecule has 0 saturated heterocycles. The van der Waals surface area contributed by atoms with Crippen LogP contribution in [0.1, 0.15) is 6.92 Å². The van der Waals surface area contributed by atoms with Crippen molar-refractivity contribution in [1.29, 1.82) is 5.26 Å². The molecular weight excluding hydrogens is 294 g/mol. The van der Waals surface area contributed by atoms with Gasteiger partial charge in [-0.05, 0) is 31.2 Å². The van der Waals surface area contributed by atoms with Crippen molar-refractivity contribution in [3.8, 4) is 6.07 Å². The summed E-state index contributed by atoms with van der Waals surface area (Å²) in [6.45, 7) is 1.44. The minimum Gasteiger partial charge on any atom is -0.480 e. The molecule has 0 aromatic heterocycles. The minimum atomic E-state index is -1.12. The third-order valence-electron chi connectivity index (χ3n) is 2.76. The standard InChI is InChI=1S/C14H16ClN3O3/c1-10(7-16)8-17(2)14(21)18(9-13(19)20)12-5-3-11(15)4-6-12/h3-6,10H,8-9H2,1-2H3,(H,19,20). The first-order chi connectivity index (χ1) is 9.85. The van der Waals surface area contributed by atoms with Gasteiger partial charge in [-0.3, -0.25) is 9.69 Å². The third kappa shape index (κ3) is 4.97. The average molecular weight is 310 g/mol. The van der Waals surface area contributed by atoms with Crippen LogP contribution in [0.3, 0.4) is 0 Å². The van der Waals surface area contributed by atoms with Crippen LogP contribution in [0.25, 0.3) is 0 Å². The molecule has 21 heavy (non-hydrogen) atoms. The number of amides is 2. The van der Waals surface area contributed by atoms with Crippen LogP contribution in [-0.2, 0) is 4.79 Å². The van der Waals surface area contributed by atoms with E-state index in [1.807, 2.05) is 6.07 Å². The zero-order valence-electron chi connectivity index (χ0n) is 11.8. The Kier molecular flexibility index (Phi) is 6.00. The van der Waals surface area contributed by atoms with Crippen LogP contribution in [0.4, 0.5) is 10.5 Å². The van der Waals surface area contributed by atoms with Gasteiger partial charge in [0.1, 0.15) is 6.54 Å². The molecule has 7 heteroatoms. The Morgan fingerprint density at radius 3 is 2.43 bits per heavy atom. The molecule has 112 valence electrons. The SMILES string of the molecule is CC(C#N)CN(C)C(=O)N(CC(=O)O)c1ccc(Cl)cc1. The summed E-state index contributed by atoms with van der Waals surface area (Å²) in [5.41, 5.74) is 0.434. The van der Waals surface area contributed by atoms with E-state index in [1.165, 1.54) is 11.9 Å². The van der Waals surface area contributed by atoms with Crippen molar-refractivity contribution in [2.75, 3.05) is 25.0 Å². The summed E-state index contributed by atoms with van der Waals surface area (Å²) in [5, 5.41) is 18.2. The van der Waals surface area contributed by atoms with Crippen LogP contribution in [0.2, 0.25) is 5.02 Å². The van der Waals surface area contributed by atoms with Gasteiger partial charge in [-0.15, -0.1) is 0 Å². The number of nitrogens with zero attached hydrogens (tertiary/aromatic N) is 3. The van der Waals surface area contributed by atoms with E-state index in [0.717, 1.165) is 4.90 Å². The Hall–Kier alpha value is -2.26. The molecule has 1 atom stereocenters. The largest absolute Gasteiger partial charge is 0.480 e. The number of benzene rings is 1. The molecule has 0 spiro atoms. The lowest BCUT2D eigenvalue weighted by Crippen LogP contribution is -2.45. The van der Waals surface area contributed by atoms with E-state index in [0.29, 0.717) is 10.7 Å². The number of carboxylic acids is 1. The van der Waals surface area contributed by atoms with Gasteiger partial charge < -0.3 is 10.0 Å². The van der Waals surface area contributed by atoms with Crippen LogP contribution >= 0.6 is 11.6 Å². The van der Waals surface area contributed by atoms with Crippen molar-refractivity contribution < 1.29 is 14.7 Å². The van der Waals surface area contributed by atoms with E-state index in [2.05, 4.69) is 0 Å². The van der Waals surface area contributed by atoms with E-state index >= 15 is 0 Å². The normalized spacial score (nSPS) is 11.3. The summed E-state index contributed by atoms with van der Waals surface area (Å²) < 4.78 is 0. The van der Waals surface area contributed by atoms with Gasteiger partial charge in [0, 0.05) is 24.3 Å². The first-order valence-electron chi connectivity index (χ1n) is 6.24. The zero-order chi connectivity index (χ0) is 16.0. The lowest BCUT2D eigenvalue weighted by atomic mass is 10.2. The topological polar surface area (TPSA) is 84.6 Å². The lowest BCUT2D eigenvalue weighted by molar-refractivity contribution is -0.135. The third-order valence-corrected chi connectivity index (χ3v) is 3.01. The van der Waals surface area contributed by atoms with E-state index in [9.17, 15) is 9.59 Å². The summed E-state index contributed by atoms with van der Waals surface area (Å²) in [4.78, 5) is 25.8. The fraction of sp³-hybridized carbons (Fsp3) is 0.357. The maximum absolute atomic E-state index is 12.4. The van der Waals surface area contributed by atoms with Crippen LogP contribution in [0.5, 0.6) is 0 Å². The molecule has 2 amide bonds. The van der Waals surface area contributed by atoms with Gasteiger partial charge in [-0.2, -0.15) is 5.26 Å². The average Bonchev–Trinajstić information content (AvgIpc) is 2.44. The highest BCUT2D eigenvalue weighted by Gasteiger charge is 2.23. The summed E-state index contributed by atoms with van der Waals surface area (Å²) in [6, 6.07) is 7.86. The second-order valence-corrected chi connectivity index (χ2v) is 5.09. The van der Waals surface area contributed by atoms with Crippen molar-refractivity contribution >= 4 is 29.3 Å². The Bertz CT molecular complexity index is 554. The van der Waals surface area contributed by atoms with Gasteiger partial charge in [0.2, 0.25) is 0 Å². The smallest absolute Gasteiger partial charge is 0.324 e. The van der Waals surface area contributed by atoms with E-state index < -0.39 is 18.5 Å². The molecule has 0 aliphatic heterocycles. The number of anilines is 1. The second kappa shape index (κ2) is 7.50. The fourth-order valence-corrected chi connectivity index (χ4v) is 1.89. The number of hydrogen-bond donors (Lipinski definition) is 1. The number of carbonyl (C=O) groups is 2. The first kappa shape index (κ1) is 16.8. The monoisotopic (exact) mass is 309 g/mol. The summed E-state index contributed by atoms with van der Waals surface area (Å²) >= 11 is 5.79. The number of carbonyl (C=O) groups excluding carboxylic acids is 1. The second-order valence-electron chi connectivity index (χ2n) is 4.65. The van der Waals surface area contributed by atoms with Gasteiger partial charge in [-0.1, -0.05) is 11.6 Å². The number of halogens is 1. The number of rotatable bonds is 5. The number of hydrogen-bond acceptors (Lipinski definition) is 3. The van der Waals surface area contributed by atoms with Gasteiger partial charge in [0.05, 0.1) is 12.0 Å². The predicted molar refractivity (Wildman–Crippen MR) is 79.2 cm³/mol. The molecule has 1 rings (SSSR count). The predicted octanol–water partition coefficient (Wildman–Crippen LogP) is 2.44. The molecule has 1 aromatic carbocycles. The number of urea groups is 1. The molecule has 1 aromatic rings. The Morgan fingerprint density at radius 2 is 1.95 bits per heavy atom. The highest BCUT2D eigenvalue weighted by molar-refractivity contribution is 6.30. The summed E-state index contributed by atoms with van der Waals surface area (Å²) in [5.74, 6) is -1.46. The van der Waals surface area contributed by atoms with Crippen molar-refractivity contribution in [2.24, 2.45) is 5.92 Å². The van der Waals surface area contributed by atoms with Gasteiger partial charge >= 0.3 is 12.0 Å². The molecule has 0 heterocycles. The maximum Gasteiger partial charge on any atom is 0.324 e. The van der Waals surface area contributed by atoms with Crippen molar-refractivity contribution in [3.63, 3.8) is 0 Å². The van der Waals surface area contributed by atoms with Crippen LogP contribution in [0, 0.1) is 17.2 Å². The highest BCUT2D eigenvalue weighted by atomic mass is 35.5. The molecule has 0 bridgehead atoms. The number of nitriles is 1. The van der Waals surface area contributed by atoms with Crippen LogP contribution in [-0.4, -0.2) is 42.1 Å². The quantitative estimate of drug-likeness (QED) is 0.905. The number of carboxylic acid groups (broad SMARTS) is 1. The van der Waals surface area contributed by atoms with E-state index in [-0.39, 0.29) is 12.5 Å². The molecule has 6 nitrogen and oxygen atoms in total.